The van der Waals surface area contributed by atoms with Gasteiger partial charge in [0.2, 0.25) is 5.78 Å². The third-order valence-electron chi connectivity index (χ3n) is 4.01. The van der Waals surface area contributed by atoms with Crippen LogP contribution in [0.2, 0.25) is 0 Å². The van der Waals surface area contributed by atoms with Gasteiger partial charge >= 0.3 is 5.97 Å². The molecule has 0 radical (unpaired) electrons. The molecule has 3 aromatic rings. The largest absolute Gasteiger partial charge is 0.494 e. The Bertz CT molecular complexity index is 1110. The molecular weight excluding hydrogens is 312 g/mol. The maximum absolute atomic E-state index is 12.8. The molecule has 24 heavy (non-hydrogen) atoms. The first-order chi connectivity index (χ1) is 11.5. The van der Waals surface area contributed by atoms with E-state index in [1.54, 1.807) is 18.2 Å². The second kappa shape index (κ2) is 4.76. The number of nitrogens with zero attached hydrogens (tertiary/aromatic N) is 2. The van der Waals surface area contributed by atoms with Crippen molar-refractivity contribution in [2.45, 2.75) is 0 Å². The molecule has 7 nitrogen and oxygen atoms in total. The van der Waals surface area contributed by atoms with Crippen molar-refractivity contribution in [3.8, 4) is 11.4 Å². The molecule has 0 amide bonds. The Labute approximate surface area is 134 Å². The number of benzene rings is 2. The van der Waals surface area contributed by atoms with Crippen molar-refractivity contribution < 1.29 is 19.4 Å². The lowest BCUT2D eigenvalue weighted by Gasteiger charge is -2.08. The molecule has 0 spiro atoms. The Morgan fingerprint density at radius 2 is 2.00 bits per heavy atom. The smallest absolute Gasteiger partial charge is 0.335 e. The summed E-state index contributed by atoms with van der Waals surface area (Å²) in [5.74, 6) is -1.29. The number of aromatic carboxylic acids is 1. The Balaban J connectivity index is 2.09. The van der Waals surface area contributed by atoms with Gasteiger partial charge in [-0.2, -0.15) is 0 Å². The number of para-hydroxylation sites is 1. The minimum absolute atomic E-state index is 0.0231. The lowest BCUT2D eigenvalue weighted by Crippen LogP contribution is -2.21. The summed E-state index contributed by atoms with van der Waals surface area (Å²) in [5, 5.41) is 9.40. The van der Waals surface area contributed by atoms with Gasteiger partial charge in [-0.05, 0) is 30.3 Å². The molecule has 2 heterocycles. The highest BCUT2D eigenvalue weighted by Crippen LogP contribution is 2.29. The van der Waals surface area contributed by atoms with Crippen molar-refractivity contribution in [2.24, 2.45) is 0 Å². The van der Waals surface area contributed by atoms with E-state index < -0.39 is 17.3 Å². The van der Waals surface area contributed by atoms with E-state index in [1.807, 2.05) is 0 Å². The van der Waals surface area contributed by atoms with Crippen molar-refractivity contribution in [1.29, 1.82) is 0 Å². The van der Waals surface area contributed by atoms with Crippen LogP contribution in [0.25, 0.3) is 16.6 Å². The van der Waals surface area contributed by atoms with Gasteiger partial charge in [-0.1, -0.05) is 6.07 Å². The van der Waals surface area contributed by atoms with Crippen LogP contribution in [-0.2, 0) is 0 Å². The zero-order valence-corrected chi connectivity index (χ0v) is 12.4. The van der Waals surface area contributed by atoms with Crippen LogP contribution < -0.4 is 10.3 Å². The van der Waals surface area contributed by atoms with Crippen molar-refractivity contribution in [3.05, 3.63) is 63.7 Å². The summed E-state index contributed by atoms with van der Waals surface area (Å²) >= 11 is 0. The number of methoxy groups -OCH3 is 1. The van der Waals surface area contributed by atoms with E-state index in [-0.39, 0.29) is 17.0 Å². The Morgan fingerprint density at radius 1 is 1.21 bits per heavy atom. The predicted molar refractivity (Wildman–Crippen MR) is 84.3 cm³/mol. The molecule has 0 atom stereocenters. The van der Waals surface area contributed by atoms with Crippen molar-refractivity contribution in [3.63, 3.8) is 0 Å². The van der Waals surface area contributed by atoms with Crippen LogP contribution in [0.3, 0.4) is 0 Å². The number of ether oxygens (including phenoxy) is 1. The summed E-state index contributed by atoms with van der Waals surface area (Å²) in [4.78, 5) is 40.8. The number of hydrogen-bond acceptors (Lipinski definition) is 5. The molecule has 118 valence electrons. The minimum Gasteiger partial charge on any atom is -0.494 e. The van der Waals surface area contributed by atoms with Crippen molar-refractivity contribution in [2.75, 3.05) is 7.11 Å². The third-order valence-corrected chi connectivity index (χ3v) is 4.01. The fourth-order valence-corrected chi connectivity index (χ4v) is 2.89. The molecule has 0 bridgehead atoms. The highest BCUT2D eigenvalue weighted by atomic mass is 16.5. The molecule has 7 heteroatoms. The van der Waals surface area contributed by atoms with Gasteiger partial charge in [0.25, 0.3) is 5.56 Å². The van der Waals surface area contributed by atoms with Gasteiger partial charge in [-0.25, -0.2) is 9.78 Å². The number of carboxylic acids is 1. The average molecular weight is 322 g/mol. The van der Waals surface area contributed by atoms with Crippen LogP contribution in [-0.4, -0.2) is 33.5 Å². The maximum atomic E-state index is 12.8. The second-order valence-electron chi connectivity index (χ2n) is 5.30. The second-order valence-corrected chi connectivity index (χ2v) is 5.30. The van der Waals surface area contributed by atoms with E-state index in [2.05, 4.69) is 4.98 Å². The molecule has 1 aliphatic rings. The first kappa shape index (κ1) is 14.1. The normalized spacial score (nSPS) is 12.1. The highest BCUT2D eigenvalue weighted by Gasteiger charge is 2.31. The van der Waals surface area contributed by atoms with Gasteiger partial charge in [0, 0.05) is 0 Å². The molecule has 4 rings (SSSR count). The number of carbonyl (C=O) groups excluding carboxylic acids is 1. The molecule has 0 saturated heterocycles. The number of rotatable bonds is 2. The summed E-state index contributed by atoms with van der Waals surface area (Å²) < 4.78 is 6.42. The van der Waals surface area contributed by atoms with E-state index in [1.165, 1.54) is 29.9 Å². The molecule has 1 N–H and O–H groups in total. The van der Waals surface area contributed by atoms with Crippen LogP contribution in [0.15, 0.2) is 41.2 Å². The average Bonchev–Trinajstić information content (AvgIpc) is 2.87. The Hall–Kier alpha value is -3.48. The molecule has 1 aromatic heterocycles. The van der Waals surface area contributed by atoms with E-state index in [4.69, 9.17) is 9.84 Å². The number of carboxylic acid groups (broad SMARTS) is 1. The Morgan fingerprint density at radius 3 is 2.71 bits per heavy atom. The lowest BCUT2D eigenvalue weighted by molar-refractivity contribution is 0.0697. The van der Waals surface area contributed by atoms with E-state index in [0.29, 0.717) is 22.3 Å². The summed E-state index contributed by atoms with van der Waals surface area (Å²) in [6, 6.07) is 8.99. The zero-order chi connectivity index (χ0) is 17.0. The van der Waals surface area contributed by atoms with Crippen LogP contribution >= 0.6 is 0 Å². The SMILES string of the molecule is COc1cccc2c(=O)n3c(nc12)C(=O)c1cc(C(=O)O)ccc1-3. The highest BCUT2D eigenvalue weighted by molar-refractivity contribution is 6.14. The van der Waals surface area contributed by atoms with Crippen LogP contribution in [0, 0.1) is 0 Å². The fraction of sp³-hybridized carbons (Fsp3) is 0.0588. The fourth-order valence-electron chi connectivity index (χ4n) is 2.89. The van der Waals surface area contributed by atoms with Crippen LogP contribution in [0.1, 0.15) is 26.5 Å². The minimum atomic E-state index is -1.14. The van der Waals surface area contributed by atoms with E-state index >= 15 is 0 Å². The predicted octanol–water partition coefficient (Wildman–Crippen LogP) is 1.64. The van der Waals surface area contributed by atoms with Gasteiger partial charge < -0.3 is 9.84 Å². The summed E-state index contributed by atoms with van der Waals surface area (Å²) in [7, 11) is 1.46. The molecule has 2 aromatic carbocycles. The van der Waals surface area contributed by atoms with Gasteiger partial charge in [-0.3, -0.25) is 14.2 Å². The Kier molecular flexibility index (Phi) is 2.80. The number of fused-ring (bicyclic) bond motifs is 4. The zero-order valence-electron chi connectivity index (χ0n) is 12.4. The molecular formula is C17H10N2O5. The summed E-state index contributed by atoms with van der Waals surface area (Å²) in [6.07, 6.45) is 0. The number of ketones is 1. The van der Waals surface area contributed by atoms with Gasteiger partial charge in [0.05, 0.1) is 29.3 Å². The van der Waals surface area contributed by atoms with Crippen LogP contribution in [0.5, 0.6) is 5.75 Å². The molecule has 0 fully saturated rings. The molecule has 0 unspecified atom stereocenters. The quantitative estimate of drug-likeness (QED) is 0.602. The van der Waals surface area contributed by atoms with Crippen molar-refractivity contribution in [1.82, 2.24) is 9.55 Å². The monoisotopic (exact) mass is 322 g/mol. The van der Waals surface area contributed by atoms with Crippen molar-refractivity contribution >= 4 is 22.7 Å². The third kappa shape index (κ3) is 1.72. The van der Waals surface area contributed by atoms with Gasteiger partial charge in [0.1, 0.15) is 11.3 Å². The standard InChI is InChI=1S/C17H10N2O5/c1-24-12-4-2-3-9-13(12)18-15-14(20)10-7-8(17(22)23)5-6-11(10)19(15)16(9)21/h2-7H,1H3,(H,22,23). The first-order valence-electron chi connectivity index (χ1n) is 7.05. The lowest BCUT2D eigenvalue weighted by atomic mass is 10.1. The van der Waals surface area contributed by atoms with Gasteiger partial charge in [-0.15, -0.1) is 0 Å². The molecule has 0 saturated carbocycles. The maximum Gasteiger partial charge on any atom is 0.335 e. The topological polar surface area (TPSA) is 98.5 Å². The van der Waals surface area contributed by atoms with E-state index in [9.17, 15) is 14.4 Å². The van der Waals surface area contributed by atoms with Gasteiger partial charge in [0.15, 0.2) is 5.82 Å². The van der Waals surface area contributed by atoms with Crippen LogP contribution in [0.4, 0.5) is 0 Å². The first-order valence-corrected chi connectivity index (χ1v) is 7.05. The number of hydrogen-bond donors (Lipinski definition) is 1. The number of carbonyl (C=O) groups is 2. The molecule has 1 aliphatic heterocycles. The number of aromatic nitrogens is 2. The summed E-state index contributed by atoms with van der Waals surface area (Å²) in [6.45, 7) is 0. The molecule has 0 aliphatic carbocycles. The van der Waals surface area contributed by atoms with E-state index in [0.717, 1.165) is 0 Å². The summed E-state index contributed by atoms with van der Waals surface area (Å²) in [5.41, 5.74) is 0.362.